The van der Waals surface area contributed by atoms with Crippen LogP contribution in [-0.4, -0.2) is 47.0 Å². The summed E-state index contributed by atoms with van der Waals surface area (Å²) in [7, 11) is -3.30. The van der Waals surface area contributed by atoms with Crippen molar-refractivity contribution in [2.75, 3.05) is 22.4 Å². The fourth-order valence-corrected chi connectivity index (χ4v) is 5.87. The predicted molar refractivity (Wildman–Crippen MR) is 131 cm³/mol. The highest BCUT2D eigenvalue weighted by Crippen LogP contribution is 2.32. The van der Waals surface area contributed by atoms with Gasteiger partial charge in [0, 0.05) is 25.1 Å². The van der Waals surface area contributed by atoms with E-state index in [1.165, 1.54) is 16.1 Å². The molecule has 3 aromatic rings. The SMILES string of the molecule is C=CCn1c(Cc2ccccc2)nnc1SCC(=O)c1ccc2c(c1)CCN2S(=O)(=O)CC. The first-order valence-electron chi connectivity index (χ1n) is 10.8. The molecule has 1 aromatic heterocycles. The summed E-state index contributed by atoms with van der Waals surface area (Å²) in [6, 6.07) is 15.3. The highest BCUT2D eigenvalue weighted by Gasteiger charge is 2.28. The van der Waals surface area contributed by atoms with Gasteiger partial charge in [0.1, 0.15) is 5.82 Å². The monoisotopic (exact) mass is 482 g/mol. The van der Waals surface area contributed by atoms with Gasteiger partial charge in [0.2, 0.25) is 10.0 Å². The molecule has 0 amide bonds. The summed E-state index contributed by atoms with van der Waals surface area (Å²) in [5, 5.41) is 9.32. The number of Topliss-reactive ketones (excluding diaryl/α,β-unsaturated/α-hetero) is 1. The number of sulfonamides is 1. The number of rotatable bonds is 10. The Labute approximate surface area is 198 Å². The summed E-state index contributed by atoms with van der Waals surface area (Å²) in [4.78, 5) is 12.9. The van der Waals surface area contributed by atoms with Crippen molar-refractivity contribution in [2.45, 2.75) is 31.5 Å². The van der Waals surface area contributed by atoms with Crippen LogP contribution in [0.25, 0.3) is 0 Å². The van der Waals surface area contributed by atoms with Gasteiger partial charge in [-0.1, -0.05) is 48.2 Å². The van der Waals surface area contributed by atoms with Gasteiger partial charge in [-0.3, -0.25) is 9.10 Å². The number of nitrogens with zero attached hydrogens (tertiary/aromatic N) is 4. The van der Waals surface area contributed by atoms with E-state index in [1.807, 2.05) is 41.0 Å². The van der Waals surface area contributed by atoms with Crippen LogP contribution in [0.5, 0.6) is 0 Å². The molecule has 0 unspecified atom stereocenters. The Morgan fingerprint density at radius 1 is 1.18 bits per heavy atom. The van der Waals surface area contributed by atoms with E-state index in [1.54, 1.807) is 25.1 Å². The van der Waals surface area contributed by atoms with Crippen molar-refractivity contribution in [3.8, 4) is 0 Å². The minimum atomic E-state index is -3.30. The predicted octanol–water partition coefficient (Wildman–Crippen LogP) is 3.74. The molecule has 0 bridgehead atoms. The van der Waals surface area contributed by atoms with Crippen LogP contribution >= 0.6 is 11.8 Å². The molecule has 0 aliphatic carbocycles. The zero-order chi connectivity index (χ0) is 23.4. The Hall–Kier alpha value is -2.91. The highest BCUT2D eigenvalue weighted by molar-refractivity contribution is 7.99. The number of aromatic nitrogens is 3. The lowest BCUT2D eigenvalue weighted by atomic mass is 10.1. The smallest absolute Gasteiger partial charge is 0.234 e. The van der Waals surface area contributed by atoms with Gasteiger partial charge in [0.05, 0.1) is 17.2 Å². The van der Waals surface area contributed by atoms with Gasteiger partial charge in [0.25, 0.3) is 0 Å². The number of anilines is 1. The van der Waals surface area contributed by atoms with Gasteiger partial charge in [-0.05, 0) is 42.7 Å². The zero-order valence-corrected chi connectivity index (χ0v) is 20.1. The first-order valence-corrected chi connectivity index (χ1v) is 13.4. The third-order valence-corrected chi connectivity index (χ3v) is 8.34. The lowest BCUT2D eigenvalue weighted by Gasteiger charge is -2.18. The van der Waals surface area contributed by atoms with Crippen molar-refractivity contribution < 1.29 is 13.2 Å². The summed E-state index contributed by atoms with van der Waals surface area (Å²) in [6.07, 6.45) is 3.05. The largest absolute Gasteiger partial charge is 0.302 e. The number of fused-ring (bicyclic) bond motifs is 1. The van der Waals surface area contributed by atoms with Crippen molar-refractivity contribution >= 4 is 33.3 Å². The Balaban J connectivity index is 1.47. The van der Waals surface area contributed by atoms with Gasteiger partial charge < -0.3 is 4.57 Å². The van der Waals surface area contributed by atoms with E-state index in [2.05, 4.69) is 16.8 Å². The van der Waals surface area contributed by atoms with Crippen molar-refractivity contribution in [3.63, 3.8) is 0 Å². The summed E-state index contributed by atoms with van der Waals surface area (Å²) in [6.45, 7) is 6.45. The maximum absolute atomic E-state index is 12.9. The molecule has 1 aliphatic heterocycles. The van der Waals surface area contributed by atoms with Crippen LogP contribution in [0, 0.1) is 0 Å². The zero-order valence-electron chi connectivity index (χ0n) is 18.5. The minimum absolute atomic E-state index is 0.0302. The number of carbonyl (C=O) groups is 1. The Kier molecular flexibility index (Phi) is 6.99. The highest BCUT2D eigenvalue weighted by atomic mass is 32.2. The van der Waals surface area contributed by atoms with Crippen LogP contribution in [-0.2, 0) is 29.4 Å². The van der Waals surface area contributed by atoms with E-state index in [-0.39, 0.29) is 17.3 Å². The number of hydrogen-bond donors (Lipinski definition) is 0. The molecule has 0 radical (unpaired) electrons. The maximum atomic E-state index is 12.9. The molecule has 0 saturated carbocycles. The fourth-order valence-electron chi connectivity index (χ4n) is 3.85. The van der Waals surface area contributed by atoms with Crippen molar-refractivity contribution in [3.05, 3.63) is 83.7 Å². The molecule has 0 spiro atoms. The second-order valence-electron chi connectivity index (χ2n) is 7.74. The van der Waals surface area contributed by atoms with Crippen LogP contribution in [0.3, 0.4) is 0 Å². The van der Waals surface area contributed by atoms with E-state index >= 15 is 0 Å². The van der Waals surface area contributed by atoms with E-state index in [0.29, 0.717) is 42.3 Å². The van der Waals surface area contributed by atoms with Crippen LogP contribution in [0.1, 0.15) is 34.2 Å². The quantitative estimate of drug-likeness (QED) is 0.249. The van der Waals surface area contributed by atoms with Crippen LogP contribution in [0.4, 0.5) is 5.69 Å². The molecule has 0 N–H and O–H groups in total. The fraction of sp³-hybridized carbons (Fsp3) is 0.292. The molecule has 33 heavy (non-hydrogen) atoms. The molecule has 9 heteroatoms. The third-order valence-electron chi connectivity index (χ3n) is 5.60. The second kappa shape index (κ2) is 9.93. The summed E-state index contributed by atoms with van der Waals surface area (Å²) >= 11 is 1.35. The molecule has 2 heterocycles. The van der Waals surface area contributed by atoms with E-state index in [0.717, 1.165) is 17.0 Å². The number of hydrogen-bond acceptors (Lipinski definition) is 6. The van der Waals surface area contributed by atoms with Crippen molar-refractivity contribution in [2.24, 2.45) is 0 Å². The molecule has 7 nitrogen and oxygen atoms in total. The topological polar surface area (TPSA) is 85.2 Å². The van der Waals surface area contributed by atoms with Gasteiger partial charge in [-0.25, -0.2) is 8.42 Å². The lowest BCUT2D eigenvalue weighted by molar-refractivity contribution is 0.102. The molecule has 2 aromatic carbocycles. The normalized spacial score (nSPS) is 13.2. The maximum Gasteiger partial charge on any atom is 0.234 e. The molecule has 0 fully saturated rings. The van der Waals surface area contributed by atoms with Crippen LogP contribution < -0.4 is 4.31 Å². The van der Waals surface area contributed by atoms with E-state index < -0.39 is 10.0 Å². The van der Waals surface area contributed by atoms with E-state index in [4.69, 9.17) is 0 Å². The second-order valence-corrected chi connectivity index (χ2v) is 10.9. The number of carbonyl (C=O) groups excluding carboxylic acids is 1. The number of benzene rings is 2. The van der Waals surface area contributed by atoms with Crippen LogP contribution in [0.15, 0.2) is 66.3 Å². The molecule has 4 rings (SSSR count). The van der Waals surface area contributed by atoms with Gasteiger partial charge in [-0.15, -0.1) is 16.8 Å². The number of thioether (sulfide) groups is 1. The van der Waals surface area contributed by atoms with Gasteiger partial charge >= 0.3 is 0 Å². The molecule has 172 valence electrons. The summed E-state index contributed by atoms with van der Waals surface area (Å²) in [5.41, 5.74) is 3.29. The summed E-state index contributed by atoms with van der Waals surface area (Å²) < 4.78 is 28.0. The average molecular weight is 483 g/mol. The van der Waals surface area contributed by atoms with E-state index in [9.17, 15) is 13.2 Å². The van der Waals surface area contributed by atoms with Crippen molar-refractivity contribution in [1.29, 1.82) is 0 Å². The first kappa shape index (κ1) is 23.3. The standard InChI is InChI=1S/C24H26N4O3S2/c1-3-13-27-23(15-18-8-6-5-7-9-18)25-26-24(27)32-17-22(29)20-10-11-21-19(16-20)12-14-28(21)33(30,31)4-2/h3,5-11,16H,1,4,12-15,17H2,2H3. The Morgan fingerprint density at radius 2 is 1.97 bits per heavy atom. The number of ketones is 1. The Bertz CT molecular complexity index is 1270. The summed E-state index contributed by atoms with van der Waals surface area (Å²) in [5.74, 6) is 1.07. The molecule has 1 aliphatic rings. The molecular weight excluding hydrogens is 456 g/mol. The lowest BCUT2D eigenvalue weighted by Crippen LogP contribution is -2.30. The average Bonchev–Trinajstić information content (AvgIpc) is 3.42. The third kappa shape index (κ3) is 5.04. The van der Waals surface area contributed by atoms with Gasteiger partial charge in [-0.2, -0.15) is 0 Å². The minimum Gasteiger partial charge on any atom is -0.302 e. The van der Waals surface area contributed by atoms with Crippen LogP contribution in [0.2, 0.25) is 0 Å². The molecular formula is C24H26N4O3S2. The first-order chi connectivity index (χ1) is 15.9. The molecule has 0 saturated heterocycles. The Morgan fingerprint density at radius 3 is 2.70 bits per heavy atom. The number of allylic oxidation sites excluding steroid dienone is 1. The van der Waals surface area contributed by atoms with Gasteiger partial charge in [0.15, 0.2) is 10.9 Å². The van der Waals surface area contributed by atoms with Crippen molar-refractivity contribution in [1.82, 2.24) is 14.8 Å². The molecule has 0 atom stereocenters.